The van der Waals surface area contributed by atoms with Gasteiger partial charge in [0, 0.05) is 46.6 Å². The molecule has 8 atom stereocenters. The van der Waals surface area contributed by atoms with Crippen molar-refractivity contribution < 1.29 is 33.4 Å². The lowest BCUT2D eigenvalue weighted by Crippen LogP contribution is -2.56. The Morgan fingerprint density at radius 1 is 0.980 bits per heavy atom. The Morgan fingerprint density at radius 2 is 1.65 bits per heavy atom. The second kappa shape index (κ2) is 20.1. The highest BCUT2D eigenvalue weighted by Crippen LogP contribution is 2.30. The summed E-state index contributed by atoms with van der Waals surface area (Å²) in [6, 6.07) is 8.87. The first-order valence-corrected chi connectivity index (χ1v) is 18.0. The monoisotopic (exact) mass is 710 g/mol. The van der Waals surface area contributed by atoms with Gasteiger partial charge in [0.1, 0.15) is 12.1 Å². The SMILES string of the molecule is CC[C@H](C)[C@@H]([C@@H](CC(=O)N1CCC[C@H]1[C@H](OC)[C@@H](C)C(=O)N[C@@H](Cc1ccccc1)C(=O)OC)OC)N(C)C(=O)[C@@H](Nc1ncccn1)C(C)C. The molecule has 1 aliphatic rings. The number of methoxy groups -OCH3 is 3. The summed E-state index contributed by atoms with van der Waals surface area (Å²) in [5.74, 6) is -1.56. The molecule has 2 N–H and O–H groups in total. The minimum atomic E-state index is -0.878. The summed E-state index contributed by atoms with van der Waals surface area (Å²) in [6.45, 7) is 10.3. The zero-order valence-corrected chi connectivity index (χ0v) is 31.7. The number of likely N-dealkylation sites (tertiary alicyclic amines) is 1. The summed E-state index contributed by atoms with van der Waals surface area (Å²) < 4.78 is 16.9. The fourth-order valence-corrected chi connectivity index (χ4v) is 7.04. The molecule has 13 nitrogen and oxygen atoms in total. The maximum absolute atomic E-state index is 14.1. The molecule has 3 amide bonds. The molecule has 1 aromatic heterocycles. The van der Waals surface area contributed by atoms with Crippen molar-refractivity contribution in [3.8, 4) is 0 Å². The van der Waals surface area contributed by atoms with Gasteiger partial charge in [0.15, 0.2) is 0 Å². The van der Waals surface area contributed by atoms with Crippen molar-refractivity contribution in [2.24, 2.45) is 17.8 Å². The highest BCUT2D eigenvalue weighted by Gasteiger charge is 2.43. The van der Waals surface area contributed by atoms with Crippen molar-refractivity contribution in [2.45, 2.75) is 103 Å². The molecule has 0 radical (unpaired) electrons. The Labute approximate surface area is 303 Å². The van der Waals surface area contributed by atoms with Crippen molar-refractivity contribution in [3.63, 3.8) is 0 Å². The Kier molecular flexibility index (Phi) is 16.3. The molecule has 0 bridgehead atoms. The summed E-state index contributed by atoms with van der Waals surface area (Å²) in [4.78, 5) is 66.4. The van der Waals surface area contributed by atoms with Gasteiger partial charge >= 0.3 is 5.97 Å². The van der Waals surface area contributed by atoms with E-state index in [2.05, 4.69) is 34.4 Å². The van der Waals surface area contributed by atoms with E-state index in [9.17, 15) is 19.2 Å². The molecule has 0 saturated carbocycles. The van der Waals surface area contributed by atoms with Gasteiger partial charge in [-0.15, -0.1) is 0 Å². The second-order valence-electron chi connectivity index (χ2n) is 13.8. The average Bonchev–Trinajstić information content (AvgIpc) is 3.63. The predicted molar refractivity (Wildman–Crippen MR) is 194 cm³/mol. The summed E-state index contributed by atoms with van der Waals surface area (Å²) in [6.07, 6.45) is 4.50. The number of hydrogen-bond acceptors (Lipinski definition) is 10. The van der Waals surface area contributed by atoms with E-state index < -0.39 is 42.2 Å². The zero-order valence-electron chi connectivity index (χ0n) is 31.7. The lowest BCUT2D eigenvalue weighted by molar-refractivity contribution is -0.148. The van der Waals surface area contributed by atoms with Crippen LogP contribution in [-0.2, 0) is 39.8 Å². The van der Waals surface area contributed by atoms with Gasteiger partial charge < -0.3 is 34.6 Å². The fourth-order valence-electron chi connectivity index (χ4n) is 7.04. The van der Waals surface area contributed by atoms with E-state index in [0.29, 0.717) is 18.9 Å². The van der Waals surface area contributed by atoms with Gasteiger partial charge in [0.25, 0.3) is 0 Å². The molecule has 0 aliphatic carbocycles. The smallest absolute Gasteiger partial charge is 0.328 e. The molecule has 0 spiro atoms. The third-order valence-corrected chi connectivity index (χ3v) is 10.1. The van der Waals surface area contributed by atoms with Gasteiger partial charge in [0.05, 0.1) is 43.7 Å². The molecule has 2 aromatic rings. The van der Waals surface area contributed by atoms with Crippen molar-refractivity contribution in [2.75, 3.05) is 40.2 Å². The highest BCUT2D eigenvalue weighted by atomic mass is 16.5. The molecular weight excluding hydrogens is 652 g/mol. The maximum Gasteiger partial charge on any atom is 0.328 e. The molecule has 13 heteroatoms. The van der Waals surface area contributed by atoms with Crippen molar-refractivity contribution in [1.29, 1.82) is 0 Å². The third kappa shape index (κ3) is 10.9. The van der Waals surface area contributed by atoms with Crippen LogP contribution in [-0.4, -0.2) is 115 Å². The molecule has 1 fully saturated rings. The number of amides is 3. The van der Waals surface area contributed by atoms with E-state index >= 15 is 0 Å². The van der Waals surface area contributed by atoms with E-state index in [4.69, 9.17) is 14.2 Å². The van der Waals surface area contributed by atoms with Crippen LogP contribution in [0.25, 0.3) is 0 Å². The number of carbonyl (C=O) groups excluding carboxylic acids is 4. The van der Waals surface area contributed by atoms with E-state index in [1.807, 2.05) is 44.2 Å². The maximum atomic E-state index is 14.1. The average molecular weight is 711 g/mol. The summed E-state index contributed by atoms with van der Waals surface area (Å²) in [5.41, 5.74) is 0.883. The normalized spacial score (nSPS) is 18.5. The molecule has 1 aliphatic heterocycles. The standard InChI is InChI=1S/C38H58N6O7/c1-10-25(4)33(43(6)36(47)32(24(2)3)42-38-39-19-15-20-40-38)30(49-7)23-31(45)44-21-14-18-29(44)34(50-8)26(5)35(46)41-28(37(48)51-9)22-27-16-12-11-13-17-27/h11-13,15-17,19-20,24-26,28-30,32-34H,10,14,18,21-23H2,1-9H3,(H,41,46)(H,39,40,42)/t25-,26+,28-,29-,30+,32-,33-,34+/m0/s1. The van der Waals surface area contributed by atoms with Gasteiger partial charge in [-0.25, -0.2) is 14.8 Å². The zero-order chi connectivity index (χ0) is 37.7. The van der Waals surface area contributed by atoms with E-state index in [1.165, 1.54) is 14.2 Å². The van der Waals surface area contributed by atoms with Gasteiger partial charge in [-0.05, 0) is 36.3 Å². The van der Waals surface area contributed by atoms with E-state index in [-0.39, 0.29) is 48.4 Å². The van der Waals surface area contributed by atoms with E-state index in [1.54, 1.807) is 49.3 Å². The molecule has 282 valence electrons. The first kappa shape index (κ1) is 41.3. The third-order valence-electron chi connectivity index (χ3n) is 10.1. The number of nitrogens with zero attached hydrogens (tertiary/aromatic N) is 4. The number of esters is 1. The number of nitrogens with one attached hydrogen (secondary N) is 2. The van der Waals surface area contributed by atoms with Crippen LogP contribution in [0.4, 0.5) is 5.95 Å². The van der Waals surface area contributed by atoms with Crippen LogP contribution in [0, 0.1) is 17.8 Å². The van der Waals surface area contributed by atoms with Gasteiger partial charge in [-0.2, -0.15) is 0 Å². The molecule has 51 heavy (non-hydrogen) atoms. The van der Waals surface area contributed by atoms with Gasteiger partial charge in [0.2, 0.25) is 23.7 Å². The van der Waals surface area contributed by atoms with Crippen LogP contribution in [0.2, 0.25) is 0 Å². The first-order valence-electron chi connectivity index (χ1n) is 18.0. The highest BCUT2D eigenvalue weighted by molar-refractivity contribution is 5.86. The molecule has 2 heterocycles. The molecule has 1 aromatic carbocycles. The van der Waals surface area contributed by atoms with Crippen LogP contribution in [0.5, 0.6) is 0 Å². The number of benzene rings is 1. The lowest BCUT2D eigenvalue weighted by Gasteiger charge is -2.40. The van der Waals surface area contributed by atoms with Crippen LogP contribution in [0.3, 0.4) is 0 Å². The summed E-state index contributed by atoms with van der Waals surface area (Å²) in [5, 5.41) is 6.05. The van der Waals surface area contributed by atoms with Crippen LogP contribution < -0.4 is 10.6 Å². The number of anilines is 1. The number of ether oxygens (including phenoxy) is 3. The summed E-state index contributed by atoms with van der Waals surface area (Å²) >= 11 is 0. The number of hydrogen-bond donors (Lipinski definition) is 2. The van der Waals surface area contributed by atoms with Crippen molar-refractivity contribution in [1.82, 2.24) is 25.1 Å². The molecular formula is C38H58N6O7. The predicted octanol–water partition coefficient (Wildman–Crippen LogP) is 3.73. The van der Waals surface area contributed by atoms with Crippen molar-refractivity contribution in [3.05, 3.63) is 54.4 Å². The van der Waals surface area contributed by atoms with Crippen LogP contribution in [0.15, 0.2) is 48.8 Å². The Bertz CT molecular complexity index is 1400. The Hall–Kier alpha value is -4.10. The number of carbonyl (C=O) groups is 4. The quantitative estimate of drug-likeness (QED) is 0.206. The van der Waals surface area contributed by atoms with Crippen molar-refractivity contribution >= 4 is 29.6 Å². The molecule has 3 rings (SSSR count). The van der Waals surface area contributed by atoms with Gasteiger partial charge in [-0.1, -0.05) is 71.4 Å². The fraction of sp³-hybridized carbons (Fsp3) is 0.632. The number of rotatable bonds is 19. The van der Waals surface area contributed by atoms with Gasteiger partial charge in [-0.3, -0.25) is 14.4 Å². The minimum absolute atomic E-state index is 0.0148. The second-order valence-corrected chi connectivity index (χ2v) is 13.8. The Balaban J connectivity index is 1.77. The first-order chi connectivity index (χ1) is 24.4. The largest absolute Gasteiger partial charge is 0.467 e. The Morgan fingerprint density at radius 3 is 2.22 bits per heavy atom. The van der Waals surface area contributed by atoms with Crippen LogP contribution >= 0.6 is 0 Å². The number of likely N-dealkylation sites (N-methyl/N-ethyl adjacent to an activating group) is 1. The summed E-state index contributed by atoms with van der Waals surface area (Å²) in [7, 11) is 6.16. The number of aromatic nitrogens is 2. The topological polar surface area (TPSA) is 152 Å². The molecule has 0 unspecified atom stereocenters. The minimum Gasteiger partial charge on any atom is -0.467 e. The lowest BCUT2D eigenvalue weighted by atomic mass is 9.89. The molecule has 1 saturated heterocycles. The van der Waals surface area contributed by atoms with E-state index in [0.717, 1.165) is 18.4 Å². The van der Waals surface area contributed by atoms with Crippen LogP contribution in [0.1, 0.15) is 65.9 Å².